The number of aryl methyl sites for hydroxylation is 1. The molecule has 0 saturated carbocycles. The molecule has 0 saturated heterocycles. The van der Waals surface area contributed by atoms with Crippen LogP contribution in [0.4, 0.5) is 10.1 Å². The predicted octanol–water partition coefficient (Wildman–Crippen LogP) is 3.98. The van der Waals surface area contributed by atoms with Crippen LogP contribution in [-0.4, -0.2) is 31.3 Å². The van der Waals surface area contributed by atoms with Crippen molar-refractivity contribution in [3.05, 3.63) is 53.3 Å². The summed E-state index contributed by atoms with van der Waals surface area (Å²) >= 11 is 5.41. The van der Waals surface area contributed by atoms with E-state index in [1.807, 2.05) is 31.0 Å². The normalized spacial score (nSPS) is 10.2. The third kappa shape index (κ3) is 4.35. The molecule has 0 aliphatic heterocycles. The molecule has 0 amide bonds. The molecule has 6 heteroatoms. The number of benzene rings is 2. The summed E-state index contributed by atoms with van der Waals surface area (Å²) in [7, 11) is 5.13. The van der Waals surface area contributed by atoms with Gasteiger partial charge in [-0.2, -0.15) is 0 Å². The summed E-state index contributed by atoms with van der Waals surface area (Å²) in [5, 5.41) is 3.65. The zero-order chi connectivity index (χ0) is 17.7. The Labute approximate surface area is 147 Å². The first kappa shape index (κ1) is 18.0. The highest BCUT2D eigenvalue weighted by molar-refractivity contribution is 7.80. The van der Waals surface area contributed by atoms with Crippen molar-refractivity contribution in [3.8, 4) is 11.5 Å². The third-order valence-electron chi connectivity index (χ3n) is 3.69. The van der Waals surface area contributed by atoms with Crippen molar-refractivity contribution in [3.63, 3.8) is 0 Å². The van der Waals surface area contributed by atoms with E-state index in [1.165, 1.54) is 12.1 Å². The van der Waals surface area contributed by atoms with Gasteiger partial charge >= 0.3 is 0 Å². The van der Waals surface area contributed by atoms with E-state index in [9.17, 15) is 4.39 Å². The lowest BCUT2D eigenvalue weighted by molar-refractivity contribution is 0.353. The van der Waals surface area contributed by atoms with E-state index in [1.54, 1.807) is 26.4 Å². The van der Waals surface area contributed by atoms with Gasteiger partial charge in [-0.25, -0.2) is 4.39 Å². The van der Waals surface area contributed by atoms with Crippen LogP contribution >= 0.6 is 12.2 Å². The SMILES string of the molecule is COc1cc(C)c(CN(C)C(=S)Nc2ccc(F)cc2)cc1OC. The van der Waals surface area contributed by atoms with E-state index >= 15 is 0 Å². The molecule has 0 unspecified atom stereocenters. The highest BCUT2D eigenvalue weighted by Gasteiger charge is 2.12. The van der Waals surface area contributed by atoms with Gasteiger partial charge in [0.15, 0.2) is 16.6 Å². The Hall–Kier alpha value is -2.34. The Morgan fingerprint density at radius 1 is 1.12 bits per heavy atom. The molecule has 0 spiro atoms. The average molecular weight is 348 g/mol. The van der Waals surface area contributed by atoms with Gasteiger partial charge in [-0.1, -0.05) is 0 Å². The Kier molecular flexibility index (Phi) is 5.98. The molecule has 24 heavy (non-hydrogen) atoms. The van der Waals surface area contributed by atoms with Gasteiger partial charge < -0.3 is 19.7 Å². The average Bonchev–Trinajstić information content (AvgIpc) is 2.58. The van der Waals surface area contributed by atoms with Gasteiger partial charge in [-0.3, -0.25) is 0 Å². The molecular formula is C18H21FN2O2S. The quantitative estimate of drug-likeness (QED) is 0.827. The first-order valence-corrected chi connectivity index (χ1v) is 7.84. The summed E-state index contributed by atoms with van der Waals surface area (Å²) in [5.74, 6) is 1.11. The van der Waals surface area contributed by atoms with Crippen LogP contribution in [-0.2, 0) is 6.54 Å². The van der Waals surface area contributed by atoms with Crippen LogP contribution in [0.5, 0.6) is 11.5 Å². The molecule has 0 bridgehead atoms. The van der Waals surface area contributed by atoms with Crippen LogP contribution in [0.3, 0.4) is 0 Å². The Balaban J connectivity index is 2.09. The topological polar surface area (TPSA) is 33.7 Å². The molecule has 2 rings (SSSR count). The number of halogens is 1. The number of hydrogen-bond donors (Lipinski definition) is 1. The maximum Gasteiger partial charge on any atom is 0.173 e. The van der Waals surface area contributed by atoms with Crippen LogP contribution < -0.4 is 14.8 Å². The molecule has 0 aliphatic carbocycles. The lowest BCUT2D eigenvalue weighted by atomic mass is 10.1. The molecule has 0 radical (unpaired) electrons. The molecule has 2 aromatic rings. The summed E-state index contributed by atoms with van der Waals surface area (Å²) in [6.07, 6.45) is 0. The minimum absolute atomic E-state index is 0.277. The van der Waals surface area contributed by atoms with E-state index in [0.717, 1.165) is 16.8 Å². The second-order valence-corrected chi connectivity index (χ2v) is 5.81. The summed E-state index contributed by atoms with van der Waals surface area (Å²) in [6, 6.07) is 9.98. The zero-order valence-electron chi connectivity index (χ0n) is 14.2. The van der Waals surface area contributed by atoms with Crippen molar-refractivity contribution >= 4 is 23.0 Å². The molecular weight excluding hydrogens is 327 g/mol. The van der Waals surface area contributed by atoms with E-state index in [4.69, 9.17) is 21.7 Å². The fourth-order valence-electron chi connectivity index (χ4n) is 2.27. The number of thiocarbonyl (C=S) groups is 1. The molecule has 128 valence electrons. The molecule has 0 aliphatic rings. The minimum Gasteiger partial charge on any atom is -0.493 e. The molecule has 0 fully saturated rings. The number of methoxy groups -OCH3 is 2. The van der Waals surface area contributed by atoms with Gasteiger partial charge in [-0.05, 0) is 66.7 Å². The number of anilines is 1. The number of hydrogen-bond acceptors (Lipinski definition) is 3. The van der Waals surface area contributed by atoms with Gasteiger partial charge in [0.2, 0.25) is 0 Å². The summed E-state index contributed by atoms with van der Waals surface area (Å²) < 4.78 is 23.6. The summed E-state index contributed by atoms with van der Waals surface area (Å²) in [4.78, 5) is 1.91. The third-order valence-corrected chi connectivity index (χ3v) is 4.11. The number of nitrogens with one attached hydrogen (secondary N) is 1. The standard InChI is InChI=1S/C18H21FN2O2S/c1-12-9-16(22-3)17(23-4)10-13(12)11-21(2)18(24)20-15-7-5-14(19)6-8-15/h5-10H,11H2,1-4H3,(H,20,24). The lowest BCUT2D eigenvalue weighted by Crippen LogP contribution is -2.30. The van der Waals surface area contributed by atoms with E-state index in [-0.39, 0.29) is 5.82 Å². The lowest BCUT2D eigenvalue weighted by Gasteiger charge is -2.23. The van der Waals surface area contributed by atoms with Gasteiger partial charge in [0.05, 0.1) is 14.2 Å². The van der Waals surface area contributed by atoms with Gasteiger partial charge in [0.1, 0.15) is 5.82 Å². The Bertz CT molecular complexity index is 720. The largest absolute Gasteiger partial charge is 0.493 e. The molecule has 0 atom stereocenters. The van der Waals surface area contributed by atoms with E-state index in [2.05, 4.69) is 5.32 Å². The predicted molar refractivity (Wildman–Crippen MR) is 98.4 cm³/mol. The number of nitrogens with zero attached hydrogens (tertiary/aromatic N) is 1. The van der Waals surface area contributed by atoms with Crippen molar-refractivity contribution in [1.82, 2.24) is 4.90 Å². The number of ether oxygens (including phenoxy) is 2. The van der Waals surface area contributed by atoms with Crippen molar-refractivity contribution in [2.75, 3.05) is 26.6 Å². The monoisotopic (exact) mass is 348 g/mol. The summed E-state index contributed by atoms with van der Waals surface area (Å²) in [5.41, 5.74) is 2.92. The molecule has 1 N–H and O–H groups in total. The maximum absolute atomic E-state index is 13.0. The van der Waals surface area contributed by atoms with E-state index in [0.29, 0.717) is 23.2 Å². The van der Waals surface area contributed by atoms with Crippen LogP contribution in [0.2, 0.25) is 0 Å². The van der Waals surface area contributed by atoms with Crippen molar-refractivity contribution < 1.29 is 13.9 Å². The fourth-order valence-corrected chi connectivity index (χ4v) is 2.45. The first-order chi connectivity index (χ1) is 11.4. The van der Waals surface area contributed by atoms with Crippen LogP contribution in [0, 0.1) is 12.7 Å². The second-order valence-electron chi connectivity index (χ2n) is 5.43. The van der Waals surface area contributed by atoms with Crippen LogP contribution in [0.15, 0.2) is 36.4 Å². The minimum atomic E-state index is -0.277. The zero-order valence-corrected chi connectivity index (χ0v) is 15.0. The smallest absolute Gasteiger partial charge is 0.173 e. The van der Waals surface area contributed by atoms with Crippen molar-refractivity contribution in [2.24, 2.45) is 0 Å². The number of rotatable bonds is 5. The molecule has 0 heterocycles. The second kappa shape index (κ2) is 7.97. The molecule has 2 aromatic carbocycles. The highest BCUT2D eigenvalue weighted by atomic mass is 32.1. The molecule has 4 nitrogen and oxygen atoms in total. The Morgan fingerprint density at radius 3 is 2.29 bits per heavy atom. The van der Waals surface area contributed by atoms with Crippen molar-refractivity contribution in [1.29, 1.82) is 0 Å². The van der Waals surface area contributed by atoms with Crippen LogP contribution in [0.25, 0.3) is 0 Å². The maximum atomic E-state index is 13.0. The first-order valence-electron chi connectivity index (χ1n) is 7.43. The summed E-state index contributed by atoms with van der Waals surface area (Å²) in [6.45, 7) is 2.63. The van der Waals surface area contributed by atoms with Gasteiger partial charge in [0.25, 0.3) is 0 Å². The van der Waals surface area contributed by atoms with Gasteiger partial charge in [0, 0.05) is 19.3 Å². The van der Waals surface area contributed by atoms with Crippen LogP contribution in [0.1, 0.15) is 11.1 Å². The van der Waals surface area contributed by atoms with Crippen molar-refractivity contribution in [2.45, 2.75) is 13.5 Å². The Morgan fingerprint density at radius 2 is 1.71 bits per heavy atom. The van der Waals surface area contributed by atoms with Gasteiger partial charge in [-0.15, -0.1) is 0 Å². The van der Waals surface area contributed by atoms with E-state index < -0.39 is 0 Å². The molecule has 0 aromatic heterocycles. The highest BCUT2D eigenvalue weighted by Crippen LogP contribution is 2.30. The fraction of sp³-hybridized carbons (Fsp3) is 0.278.